The molecule has 1 unspecified atom stereocenters. The highest BCUT2D eigenvalue weighted by molar-refractivity contribution is 5.85. The van der Waals surface area contributed by atoms with E-state index < -0.39 is 36.1 Å². The van der Waals surface area contributed by atoms with Crippen molar-refractivity contribution in [1.82, 2.24) is 25.1 Å². The number of piperidine rings is 1. The first kappa shape index (κ1) is 29.8. The van der Waals surface area contributed by atoms with Crippen molar-refractivity contribution in [3.8, 4) is 11.6 Å². The zero-order chi connectivity index (χ0) is 30.9. The number of hydrogen-bond donors (Lipinski definition) is 4. The number of nitrogens with one attached hydrogen (secondary N) is 1. The predicted octanol–water partition coefficient (Wildman–Crippen LogP) is 3.37. The van der Waals surface area contributed by atoms with Crippen molar-refractivity contribution in [1.29, 1.82) is 0 Å². The normalized spacial score (nSPS) is 19.2. The van der Waals surface area contributed by atoms with E-state index in [9.17, 15) is 27.9 Å². The molecule has 1 spiro atoms. The van der Waals surface area contributed by atoms with Gasteiger partial charge < -0.3 is 30.9 Å². The summed E-state index contributed by atoms with van der Waals surface area (Å²) >= 11 is 0. The van der Waals surface area contributed by atoms with Gasteiger partial charge in [0.2, 0.25) is 17.9 Å². The van der Waals surface area contributed by atoms with Crippen LogP contribution in [0.5, 0.6) is 5.88 Å². The van der Waals surface area contributed by atoms with Crippen molar-refractivity contribution >= 4 is 29.8 Å². The number of aromatic nitrogens is 4. The average molecular weight is 602 g/mol. The van der Waals surface area contributed by atoms with Crippen LogP contribution in [0.25, 0.3) is 11.8 Å². The summed E-state index contributed by atoms with van der Waals surface area (Å²) in [6.07, 6.45) is -2.09. The number of nitrogens with two attached hydrogens (primary N) is 1. The molecule has 228 valence electrons. The topological polar surface area (TPSA) is 169 Å². The Morgan fingerprint density at radius 1 is 1.19 bits per heavy atom. The van der Waals surface area contributed by atoms with Crippen LogP contribution >= 0.6 is 0 Å². The van der Waals surface area contributed by atoms with Gasteiger partial charge in [0.05, 0.1) is 11.4 Å². The number of carbonyl (C=O) groups is 2. The second kappa shape index (κ2) is 11.6. The minimum Gasteiger partial charge on any atom is -0.480 e. The molecule has 43 heavy (non-hydrogen) atoms. The number of benzene rings is 1. The quantitative estimate of drug-likeness (QED) is 0.279. The van der Waals surface area contributed by atoms with Crippen LogP contribution in [-0.2, 0) is 9.59 Å². The Balaban J connectivity index is 1.45. The number of aryl methyl sites for hydroxylation is 1. The van der Waals surface area contributed by atoms with E-state index >= 15 is 0 Å². The summed E-state index contributed by atoms with van der Waals surface area (Å²) in [4.78, 5) is 32.4. The molecule has 2 fully saturated rings. The number of rotatable bonds is 8. The zero-order valence-corrected chi connectivity index (χ0v) is 23.1. The third kappa shape index (κ3) is 6.71. The number of nitrogens with zero attached hydrogens (tertiary/aromatic N) is 5. The maximum absolute atomic E-state index is 14.7. The fourth-order valence-corrected chi connectivity index (χ4v) is 5.57. The van der Waals surface area contributed by atoms with Gasteiger partial charge in [0.15, 0.2) is 0 Å². The van der Waals surface area contributed by atoms with E-state index in [2.05, 4.69) is 20.4 Å². The summed E-state index contributed by atoms with van der Waals surface area (Å²) in [5.74, 6) is -2.52. The lowest BCUT2D eigenvalue weighted by Gasteiger charge is -2.39. The first-order valence-corrected chi connectivity index (χ1v) is 13.5. The number of carboxylic acid groups (broad SMARTS) is 2. The van der Waals surface area contributed by atoms with Gasteiger partial charge in [0.1, 0.15) is 11.9 Å². The Morgan fingerprint density at radius 2 is 1.93 bits per heavy atom. The second-order valence-electron chi connectivity index (χ2n) is 10.8. The molecule has 0 aliphatic carbocycles. The van der Waals surface area contributed by atoms with Crippen LogP contribution in [0, 0.1) is 12.3 Å². The van der Waals surface area contributed by atoms with E-state index in [1.807, 2.05) is 4.90 Å². The summed E-state index contributed by atoms with van der Waals surface area (Å²) in [6, 6.07) is 6.40. The Bertz CT molecular complexity index is 1550. The van der Waals surface area contributed by atoms with E-state index in [1.165, 1.54) is 41.2 Å². The molecular formula is C28H30F3N7O5. The van der Waals surface area contributed by atoms with Gasteiger partial charge in [0, 0.05) is 43.5 Å². The summed E-state index contributed by atoms with van der Waals surface area (Å²) in [5.41, 5.74) is 6.28. The highest BCUT2D eigenvalue weighted by atomic mass is 19.4. The van der Waals surface area contributed by atoms with Crippen molar-refractivity contribution in [2.24, 2.45) is 5.41 Å². The third-order valence-corrected chi connectivity index (χ3v) is 7.77. The van der Waals surface area contributed by atoms with E-state index in [0.29, 0.717) is 50.4 Å². The molecule has 2 saturated heterocycles. The smallest absolute Gasteiger partial charge is 0.429 e. The lowest BCUT2D eigenvalue weighted by atomic mass is 9.76. The average Bonchev–Trinajstić information content (AvgIpc) is 3.56. The van der Waals surface area contributed by atoms with E-state index in [-0.39, 0.29) is 28.2 Å². The highest BCUT2D eigenvalue weighted by Crippen LogP contribution is 2.42. The molecule has 2 atom stereocenters. The standard InChI is InChI=1S/C28H30F3N7O5/c1-16-6-9-38(36-16)20-4-2-17(3-5-23(39)40)12-18(20)24(28(29,30)31)43-22-13-21(34-26(32)35-22)37-10-7-27(8-11-37)14-19(25(41)42)33-15-27/h2-6,9,12-13,19,24,33H,7-8,10-11,14-15H2,1H3,(H,39,40)(H,41,42)(H2,32,34,35)/b5-3+/t19-,24?/m0/s1. The van der Waals surface area contributed by atoms with Gasteiger partial charge in [-0.1, -0.05) is 6.07 Å². The third-order valence-electron chi connectivity index (χ3n) is 7.77. The van der Waals surface area contributed by atoms with Gasteiger partial charge in [-0.25, -0.2) is 9.48 Å². The molecule has 4 heterocycles. The Hall–Kier alpha value is -4.66. The molecule has 5 rings (SSSR count). The Morgan fingerprint density at radius 3 is 2.53 bits per heavy atom. The number of carboxylic acids is 2. The number of halogens is 3. The van der Waals surface area contributed by atoms with Crippen LogP contribution in [0.3, 0.4) is 0 Å². The van der Waals surface area contributed by atoms with Crippen LogP contribution < -0.4 is 20.7 Å². The van der Waals surface area contributed by atoms with Crippen LogP contribution in [0.2, 0.25) is 0 Å². The van der Waals surface area contributed by atoms with Crippen LogP contribution in [-0.4, -0.2) is 73.8 Å². The molecule has 0 bridgehead atoms. The summed E-state index contributed by atoms with van der Waals surface area (Å²) in [5, 5.41) is 25.6. The van der Waals surface area contributed by atoms with Crippen molar-refractivity contribution in [3.63, 3.8) is 0 Å². The molecule has 1 aromatic carbocycles. The highest BCUT2D eigenvalue weighted by Gasteiger charge is 2.46. The Labute approximate surface area is 244 Å². The number of hydrogen-bond acceptors (Lipinski definition) is 9. The SMILES string of the molecule is Cc1ccn(-c2ccc(/C=C/C(=O)O)cc2C(Oc2cc(N3CCC4(CC3)CN[C@H](C(=O)O)C4)nc(N)n2)C(F)(F)F)n1. The predicted molar refractivity (Wildman–Crippen MR) is 149 cm³/mol. The van der Waals surface area contributed by atoms with Crippen molar-refractivity contribution in [2.75, 3.05) is 30.3 Å². The largest absolute Gasteiger partial charge is 0.480 e. The van der Waals surface area contributed by atoms with Gasteiger partial charge in [-0.2, -0.15) is 28.2 Å². The van der Waals surface area contributed by atoms with Gasteiger partial charge >= 0.3 is 18.1 Å². The number of nitrogen functional groups attached to an aromatic ring is 1. The fourth-order valence-electron chi connectivity index (χ4n) is 5.57. The molecule has 15 heteroatoms. The van der Waals surface area contributed by atoms with Gasteiger partial charge in [-0.15, -0.1) is 0 Å². The zero-order valence-electron chi connectivity index (χ0n) is 23.1. The summed E-state index contributed by atoms with van der Waals surface area (Å²) < 4.78 is 50.8. The maximum Gasteiger partial charge on any atom is 0.429 e. The summed E-state index contributed by atoms with van der Waals surface area (Å²) in [6.45, 7) is 3.25. The van der Waals surface area contributed by atoms with Crippen molar-refractivity contribution < 1.29 is 37.7 Å². The van der Waals surface area contributed by atoms with Crippen LogP contribution in [0.4, 0.5) is 24.9 Å². The first-order chi connectivity index (χ1) is 20.3. The molecule has 2 aliphatic rings. The minimum atomic E-state index is -4.92. The molecule has 0 saturated carbocycles. The molecule has 12 nitrogen and oxygen atoms in total. The van der Waals surface area contributed by atoms with Gasteiger partial charge in [-0.3, -0.25) is 4.79 Å². The number of aliphatic carboxylic acids is 2. The second-order valence-corrected chi connectivity index (χ2v) is 10.8. The number of alkyl halides is 3. The van der Waals surface area contributed by atoms with E-state index in [0.717, 1.165) is 6.08 Å². The molecule has 0 radical (unpaired) electrons. The minimum absolute atomic E-state index is 0.0799. The molecule has 2 aromatic heterocycles. The first-order valence-electron chi connectivity index (χ1n) is 13.5. The maximum atomic E-state index is 14.7. The lowest BCUT2D eigenvalue weighted by molar-refractivity contribution is -0.198. The number of anilines is 2. The van der Waals surface area contributed by atoms with Crippen LogP contribution in [0.15, 0.2) is 42.6 Å². The monoisotopic (exact) mass is 601 g/mol. The van der Waals surface area contributed by atoms with Gasteiger partial charge in [0.25, 0.3) is 0 Å². The lowest BCUT2D eigenvalue weighted by Crippen LogP contribution is -2.41. The van der Waals surface area contributed by atoms with Crippen molar-refractivity contribution in [2.45, 2.75) is 44.5 Å². The molecule has 3 aromatic rings. The number of ether oxygens (including phenoxy) is 1. The van der Waals surface area contributed by atoms with E-state index in [4.69, 9.17) is 15.6 Å². The van der Waals surface area contributed by atoms with Gasteiger partial charge in [-0.05, 0) is 61.4 Å². The van der Waals surface area contributed by atoms with E-state index in [1.54, 1.807) is 13.0 Å². The molecule has 5 N–H and O–H groups in total. The molecule has 0 amide bonds. The summed E-state index contributed by atoms with van der Waals surface area (Å²) in [7, 11) is 0. The van der Waals surface area contributed by atoms with Crippen molar-refractivity contribution in [3.05, 3.63) is 59.4 Å². The Kier molecular flexibility index (Phi) is 8.01. The fraction of sp³-hybridized carbons (Fsp3) is 0.393. The van der Waals surface area contributed by atoms with Crippen LogP contribution in [0.1, 0.15) is 42.2 Å². The molecule has 2 aliphatic heterocycles. The molecular weight excluding hydrogens is 571 g/mol.